The Labute approximate surface area is 151 Å². The van der Waals surface area contributed by atoms with E-state index in [1.807, 2.05) is 29.1 Å². The van der Waals surface area contributed by atoms with Crippen molar-refractivity contribution in [3.05, 3.63) is 65.9 Å². The first-order valence-corrected chi connectivity index (χ1v) is 8.79. The van der Waals surface area contributed by atoms with Gasteiger partial charge < -0.3 is 0 Å². The summed E-state index contributed by atoms with van der Waals surface area (Å²) in [6, 6.07) is 3.89. The lowest BCUT2D eigenvalue weighted by molar-refractivity contribution is 0.196. The minimum absolute atomic E-state index is 0.386. The van der Waals surface area contributed by atoms with E-state index in [0.717, 1.165) is 49.7 Å². The first kappa shape index (κ1) is 16.2. The van der Waals surface area contributed by atoms with Crippen LogP contribution in [0.25, 0.3) is 5.82 Å². The van der Waals surface area contributed by atoms with E-state index in [4.69, 9.17) is 16.6 Å². The van der Waals surface area contributed by atoms with Crippen molar-refractivity contribution < 1.29 is 0 Å². The number of halogens is 1. The van der Waals surface area contributed by atoms with Crippen LogP contribution in [-0.2, 0) is 6.54 Å². The molecule has 0 bridgehead atoms. The third-order valence-electron chi connectivity index (χ3n) is 4.51. The minimum Gasteiger partial charge on any atom is -0.297 e. The normalized spacial score (nSPS) is 18.4. The molecule has 7 heteroatoms. The summed E-state index contributed by atoms with van der Waals surface area (Å²) in [5.41, 5.74) is 2.09. The summed E-state index contributed by atoms with van der Waals surface area (Å²) >= 11 is 5.92. The standard InChI is InChI=1S/C18H19ClN6/c19-15-3-4-16(22-8-15)12-24-6-1-2-14(11-24)17-9-21-10-18(23-17)25-7-5-20-13-25/h3-5,7-10,13-14H,1-2,6,11-12H2. The number of rotatable bonds is 4. The predicted molar refractivity (Wildman–Crippen MR) is 95.7 cm³/mol. The third kappa shape index (κ3) is 3.86. The van der Waals surface area contributed by atoms with Crippen LogP contribution in [0, 0.1) is 0 Å². The molecule has 3 aromatic heterocycles. The maximum atomic E-state index is 5.92. The molecule has 0 saturated carbocycles. The van der Waals surface area contributed by atoms with Gasteiger partial charge in [0.2, 0.25) is 0 Å². The van der Waals surface area contributed by atoms with Crippen molar-refractivity contribution in [2.24, 2.45) is 0 Å². The second-order valence-electron chi connectivity index (χ2n) is 6.31. The Morgan fingerprint density at radius 2 is 2.12 bits per heavy atom. The van der Waals surface area contributed by atoms with Gasteiger partial charge in [-0.3, -0.25) is 19.4 Å². The van der Waals surface area contributed by atoms with E-state index < -0.39 is 0 Å². The highest BCUT2D eigenvalue weighted by Crippen LogP contribution is 2.26. The van der Waals surface area contributed by atoms with E-state index in [2.05, 4.69) is 19.9 Å². The van der Waals surface area contributed by atoms with Crippen LogP contribution in [0.2, 0.25) is 5.02 Å². The summed E-state index contributed by atoms with van der Waals surface area (Å²) in [6.07, 6.45) is 13.0. The fourth-order valence-electron chi connectivity index (χ4n) is 3.26. The molecule has 0 aromatic carbocycles. The van der Waals surface area contributed by atoms with E-state index in [1.54, 1.807) is 24.9 Å². The number of pyridine rings is 1. The Bertz CT molecular complexity index is 818. The number of hydrogen-bond acceptors (Lipinski definition) is 5. The molecule has 6 nitrogen and oxygen atoms in total. The fraction of sp³-hybridized carbons (Fsp3) is 0.333. The molecule has 1 saturated heterocycles. The molecule has 128 valence electrons. The van der Waals surface area contributed by atoms with Gasteiger partial charge in [-0.25, -0.2) is 9.97 Å². The van der Waals surface area contributed by atoms with Gasteiger partial charge in [0.25, 0.3) is 0 Å². The number of likely N-dealkylation sites (tertiary alicyclic amines) is 1. The first-order valence-electron chi connectivity index (χ1n) is 8.41. The van der Waals surface area contributed by atoms with Crippen LogP contribution >= 0.6 is 11.6 Å². The number of imidazole rings is 1. The van der Waals surface area contributed by atoms with Crippen molar-refractivity contribution in [1.29, 1.82) is 0 Å². The van der Waals surface area contributed by atoms with Crippen molar-refractivity contribution in [2.75, 3.05) is 13.1 Å². The van der Waals surface area contributed by atoms with Gasteiger partial charge in [0.05, 0.1) is 22.6 Å². The molecule has 1 fully saturated rings. The van der Waals surface area contributed by atoms with E-state index in [9.17, 15) is 0 Å². The molecular weight excluding hydrogens is 336 g/mol. The lowest BCUT2D eigenvalue weighted by atomic mass is 9.95. The van der Waals surface area contributed by atoms with Gasteiger partial charge in [0, 0.05) is 43.8 Å². The Hall–Kier alpha value is -2.31. The SMILES string of the molecule is Clc1ccc(CN2CCCC(c3cncc(-n4ccnc4)n3)C2)nc1. The van der Waals surface area contributed by atoms with Crippen LogP contribution in [-0.4, -0.2) is 42.5 Å². The van der Waals surface area contributed by atoms with Gasteiger partial charge >= 0.3 is 0 Å². The summed E-state index contributed by atoms with van der Waals surface area (Å²) in [5.74, 6) is 1.20. The van der Waals surface area contributed by atoms with Crippen LogP contribution in [0.4, 0.5) is 0 Å². The van der Waals surface area contributed by atoms with Crippen LogP contribution in [0.5, 0.6) is 0 Å². The lowest BCUT2D eigenvalue weighted by Crippen LogP contribution is -2.34. The smallest absolute Gasteiger partial charge is 0.156 e. The molecule has 1 unspecified atom stereocenters. The lowest BCUT2D eigenvalue weighted by Gasteiger charge is -2.32. The molecule has 0 radical (unpaired) electrons. The Morgan fingerprint density at radius 1 is 1.16 bits per heavy atom. The van der Waals surface area contributed by atoms with Gasteiger partial charge in [-0.05, 0) is 31.5 Å². The average molecular weight is 355 g/mol. The van der Waals surface area contributed by atoms with Crippen molar-refractivity contribution in [3.8, 4) is 5.82 Å². The molecule has 1 aliphatic rings. The van der Waals surface area contributed by atoms with Crippen molar-refractivity contribution in [3.63, 3.8) is 0 Å². The van der Waals surface area contributed by atoms with Gasteiger partial charge in [0.1, 0.15) is 6.33 Å². The largest absolute Gasteiger partial charge is 0.297 e. The van der Waals surface area contributed by atoms with Gasteiger partial charge in [-0.2, -0.15) is 0 Å². The second-order valence-corrected chi connectivity index (χ2v) is 6.75. The highest BCUT2D eigenvalue weighted by atomic mass is 35.5. The number of nitrogens with zero attached hydrogens (tertiary/aromatic N) is 6. The summed E-state index contributed by atoms with van der Waals surface area (Å²) in [5, 5.41) is 0.673. The molecule has 1 atom stereocenters. The molecule has 1 aliphatic heterocycles. The molecule has 4 rings (SSSR count). The first-order chi connectivity index (χ1) is 12.3. The Morgan fingerprint density at radius 3 is 2.92 bits per heavy atom. The van der Waals surface area contributed by atoms with Crippen LogP contribution < -0.4 is 0 Å². The van der Waals surface area contributed by atoms with Crippen LogP contribution in [0.3, 0.4) is 0 Å². The second kappa shape index (κ2) is 7.29. The number of aromatic nitrogens is 5. The fourth-order valence-corrected chi connectivity index (χ4v) is 3.37. The minimum atomic E-state index is 0.386. The average Bonchev–Trinajstić information content (AvgIpc) is 3.19. The highest BCUT2D eigenvalue weighted by Gasteiger charge is 2.23. The summed E-state index contributed by atoms with van der Waals surface area (Å²) < 4.78 is 1.88. The highest BCUT2D eigenvalue weighted by molar-refractivity contribution is 6.30. The molecule has 0 aliphatic carbocycles. The van der Waals surface area contributed by atoms with Gasteiger partial charge in [-0.1, -0.05) is 11.6 Å². The maximum absolute atomic E-state index is 5.92. The van der Waals surface area contributed by atoms with E-state index >= 15 is 0 Å². The number of hydrogen-bond donors (Lipinski definition) is 0. The van der Waals surface area contributed by atoms with E-state index in [0.29, 0.717) is 10.9 Å². The van der Waals surface area contributed by atoms with Crippen LogP contribution in [0.1, 0.15) is 30.1 Å². The van der Waals surface area contributed by atoms with Gasteiger partial charge in [0.15, 0.2) is 5.82 Å². The molecule has 0 N–H and O–H groups in total. The molecule has 0 spiro atoms. The van der Waals surface area contributed by atoms with E-state index in [-0.39, 0.29) is 0 Å². The zero-order valence-electron chi connectivity index (χ0n) is 13.8. The molecular formula is C18H19ClN6. The maximum Gasteiger partial charge on any atom is 0.156 e. The molecule has 0 amide bonds. The van der Waals surface area contributed by atoms with Crippen molar-refractivity contribution in [2.45, 2.75) is 25.3 Å². The predicted octanol–water partition coefficient (Wildman–Crippen LogP) is 3.09. The Balaban J connectivity index is 1.47. The zero-order chi connectivity index (χ0) is 17.1. The number of piperidine rings is 1. The van der Waals surface area contributed by atoms with E-state index in [1.165, 1.54) is 0 Å². The summed E-state index contributed by atoms with van der Waals surface area (Å²) in [6.45, 7) is 2.88. The topological polar surface area (TPSA) is 59.7 Å². The quantitative estimate of drug-likeness (QED) is 0.720. The Kier molecular flexibility index (Phi) is 4.72. The monoisotopic (exact) mass is 354 g/mol. The summed E-state index contributed by atoms with van der Waals surface area (Å²) in [7, 11) is 0. The van der Waals surface area contributed by atoms with Crippen molar-refractivity contribution >= 4 is 11.6 Å². The summed E-state index contributed by atoms with van der Waals surface area (Å²) in [4.78, 5) is 20.1. The zero-order valence-corrected chi connectivity index (χ0v) is 14.5. The third-order valence-corrected chi connectivity index (χ3v) is 4.73. The van der Waals surface area contributed by atoms with Gasteiger partial charge in [-0.15, -0.1) is 0 Å². The molecule has 4 heterocycles. The molecule has 3 aromatic rings. The van der Waals surface area contributed by atoms with Crippen LogP contribution in [0.15, 0.2) is 49.4 Å². The van der Waals surface area contributed by atoms with Crippen molar-refractivity contribution in [1.82, 2.24) is 29.4 Å². The molecule has 25 heavy (non-hydrogen) atoms.